The summed E-state index contributed by atoms with van der Waals surface area (Å²) in [5.41, 5.74) is 1.68. The van der Waals surface area contributed by atoms with Crippen molar-refractivity contribution in [1.82, 2.24) is 30.7 Å². The molecule has 7 amide bonds. The predicted molar refractivity (Wildman–Crippen MR) is 311 cm³/mol. The van der Waals surface area contributed by atoms with Crippen LogP contribution in [0.5, 0.6) is 17.2 Å². The van der Waals surface area contributed by atoms with E-state index in [1.165, 1.54) is 63.5 Å². The third-order valence-electron chi connectivity index (χ3n) is 16.4. The summed E-state index contributed by atoms with van der Waals surface area (Å²) in [5.74, 6) is -7.82. The molecule has 90 heavy (non-hydrogen) atoms. The first-order valence-corrected chi connectivity index (χ1v) is 29.2. The van der Waals surface area contributed by atoms with Gasteiger partial charge in [-0.3, -0.25) is 38.5 Å². The number of likely N-dealkylation sites (N-methyl/N-ethyl adjacent to an activating group) is 2. The number of aliphatic hydroxyl groups is 1. The number of nitrogens with zero attached hydrogens (tertiary/aromatic N) is 3. The molecule has 3 fully saturated rings. The first kappa shape index (κ1) is 67.4. The molecule has 10 atom stereocenters. The Morgan fingerprint density at radius 2 is 1.56 bits per heavy atom. The van der Waals surface area contributed by atoms with Crippen LogP contribution < -0.4 is 31.7 Å². The first-order valence-electron chi connectivity index (χ1n) is 29.2. The SMILES string of the molecule is COc1cccc2c1C(=O)c1c(O)c3c(c(O)c1C2=O)C[C@@](O)(C(=O)COC(=O)N(C)CCN(C)C(=O)OCc1ccc(NC(=O)[C@H](CCCNC(N)=O)NC(=O)[C@@H](NC(=O)CCC(=O)O)C(C)C)cc1)C[C@@H]3O[C@H]1C[C@H]2[C@H](O[C@@H]3[C@@H](OC)OCCN32)[C@H](C)O1. The highest BCUT2D eigenvalue weighted by Gasteiger charge is 2.55. The largest absolute Gasteiger partial charge is 0.507 e. The minimum atomic E-state index is -2.49. The second-order valence-corrected chi connectivity index (χ2v) is 22.9. The number of ketones is 3. The quantitative estimate of drug-likeness (QED) is 0.0338. The molecule has 5 aliphatic rings. The Kier molecular flexibility index (Phi) is 21.7. The zero-order chi connectivity index (χ0) is 65.5. The van der Waals surface area contributed by atoms with Crippen LogP contribution in [-0.2, 0) is 70.2 Å². The van der Waals surface area contributed by atoms with Gasteiger partial charge in [0.1, 0.15) is 47.6 Å². The number of primary amides is 1. The van der Waals surface area contributed by atoms with Crippen molar-refractivity contribution in [1.29, 1.82) is 0 Å². The Bertz CT molecular complexity index is 3250. The van der Waals surface area contributed by atoms with Crippen LogP contribution in [0, 0.1) is 5.92 Å². The molecule has 3 saturated heterocycles. The molecule has 30 nitrogen and oxygen atoms in total. The van der Waals surface area contributed by atoms with Gasteiger partial charge in [0.15, 0.2) is 31.2 Å². The van der Waals surface area contributed by atoms with Crippen LogP contribution in [0.4, 0.5) is 20.1 Å². The summed E-state index contributed by atoms with van der Waals surface area (Å²) in [6, 6.07) is 7.15. The van der Waals surface area contributed by atoms with Crippen LogP contribution in [-0.4, -0.2) is 217 Å². The van der Waals surface area contributed by atoms with Crippen molar-refractivity contribution in [3.63, 3.8) is 0 Å². The molecule has 0 aromatic heterocycles. The molecule has 2 aliphatic carbocycles. The van der Waals surface area contributed by atoms with E-state index in [0.29, 0.717) is 24.4 Å². The maximum absolute atomic E-state index is 14.3. The number of aliphatic carboxylic acids is 1. The number of carboxylic acids is 1. The first-order chi connectivity index (χ1) is 42.7. The van der Waals surface area contributed by atoms with Gasteiger partial charge in [-0.2, -0.15) is 0 Å². The number of fused-ring (bicyclic) bond motifs is 6. The number of aromatic hydroxyl groups is 2. The lowest BCUT2D eigenvalue weighted by Crippen LogP contribution is -2.55. The van der Waals surface area contributed by atoms with Crippen LogP contribution in [0.3, 0.4) is 0 Å². The van der Waals surface area contributed by atoms with E-state index in [0.717, 1.165) is 4.90 Å². The number of carbonyl (C=O) groups is 10. The molecule has 0 unspecified atom stereocenters. The second kappa shape index (κ2) is 29.0. The van der Waals surface area contributed by atoms with Crippen LogP contribution in [0.2, 0.25) is 0 Å². The molecule has 3 aliphatic heterocycles. The lowest BCUT2D eigenvalue weighted by atomic mass is 9.72. The number of methoxy groups -OCH3 is 2. The molecule has 3 aromatic rings. The molecule has 3 heterocycles. The molecule has 10 N–H and O–H groups in total. The maximum Gasteiger partial charge on any atom is 0.409 e. The Morgan fingerprint density at radius 1 is 0.867 bits per heavy atom. The number of phenolic OH excluding ortho intramolecular Hbond substituents is 2. The van der Waals surface area contributed by atoms with Crippen LogP contribution in [0.25, 0.3) is 0 Å². The highest BCUT2D eigenvalue weighted by atomic mass is 16.7. The number of carboxylic acid groups (broad SMARTS) is 1. The van der Waals surface area contributed by atoms with E-state index in [1.54, 1.807) is 32.9 Å². The number of benzene rings is 3. The van der Waals surface area contributed by atoms with Crippen molar-refractivity contribution >= 4 is 64.9 Å². The number of anilines is 1. The van der Waals surface area contributed by atoms with Crippen molar-refractivity contribution in [3.8, 4) is 17.2 Å². The molecule has 30 heteroatoms. The number of morpholine rings is 1. The van der Waals surface area contributed by atoms with Gasteiger partial charge in [-0.15, -0.1) is 0 Å². The van der Waals surface area contributed by atoms with E-state index in [1.807, 2.05) is 0 Å². The number of ether oxygens (including phenoxy) is 8. The number of hydrogen-bond acceptors (Lipinski definition) is 22. The van der Waals surface area contributed by atoms with Gasteiger partial charge in [-0.05, 0) is 49.4 Å². The Morgan fingerprint density at radius 3 is 2.21 bits per heavy atom. The third-order valence-corrected chi connectivity index (χ3v) is 16.4. The number of carbonyl (C=O) groups excluding carboxylic acids is 9. The standard InChI is InChI=1S/C60H76N8O22/c1-29(2)47(65-40(70)17-18-41(71)72)54(78)64-35(11-9-19-62-57(61)79)53(77)63-32-15-13-31(14-16-32)27-86-58(80)66(4)20-21-67(5)59(81)87-28-39(69)60(82)25-34-44(51(76)46-45(49(34)74)48(73)33-10-8-12-37(83-6)43(33)50(46)75)38(26-60)89-42-24-36-52(30(3)88-42)90-55-56(84-7)85-23-22-68(36)55/h8,10,12-16,29-30,35-36,38,42,47,52,55-56,74,76,82H,9,11,17-28H2,1-7H3,(H,63,77)(H,64,78)(H,65,70)(H,71,72)(H3,61,62,79)/t30-,35-,36-,38-,42-,47-,52+,55+,56-,60-/m0/s1. The van der Waals surface area contributed by atoms with E-state index in [9.17, 15) is 63.3 Å². The molecule has 8 rings (SSSR count). The monoisotopic (exact) mass is 1260 g/mol. The minimum Gasteiger partial charge on any atom is -0.507 e. The van der Waals surface area contributed by atoms with Gasteiger partial charge in [-0.1, -0.05) is 38.1 Å². The zero-order valence-electron chi connectivity index (χ0n) is 50.8. The molecule has 0 spiro atoms. The topological polar surface area (TPSA) is 409 Å². The molecular formula is C60H76N8O22. The Labute approximate surface area is 516 Å². The average molecular weight is 1260 g/mol. The highest BCUT2D eigenvalue weighted by Crippen LogP contribution is 2.53. The summed E-state index contributed by atoms with van der Waals surface area (Å²) in [6.45, 7) is 4.57. The summed E-state index contributed by atoms with van der Waals surface area (Å²) in [4.78, 5) is 135. The molecule has 0 saturated carbocycles. The van der Waals surface area contributed by atoms with E-state index < -0.39 is 168 Å². The molecule has 0 radical (unpaired) electrons. The van der Waals surface area contributed by atoms with Crippen molar-refractivity contribution in [2.75, 3.05) is 73.0 Å². The number of rotatable bonds is 25. The van der Waals surface area contributed by atoms with E-state index in [-0.39, 0.29) is 86.0 Å². The number of Topliss-reactive ketones (excluding diaryl/α,β-unsaturated/α-hetero) is 1. The number of nitrogens with one attached hydrogen (secondary N) is 4. The fraction of sp³-hybridized carbons (Fsp3) is 0.533. The number of hydrogen-bond donors (Lipinski definition) is 9. The van der Waals surface area contributed by atoms with E-state index in [4.69, 9.17) is 48.7 Å². The van der Waals surface area contributed by atoms with Gasteiger partial charge in [0.25, 0.3) is 0 Å². The normalized spacial score (nSPS) is 23.1. The fourth-order valence-corrected chi connectivity index (χ4v) is 11.6. The van der Waals surface area contributed by atoms with Gasteiger partial charge in [0, 0.05) is 101 Å². The van der Waals surface area contributed by atoms with Crippen molar-refractivity contribution < 1.29 is 106 Å². The van der Waals surface area contributed by atoms with E-state index >= 15 is 0 Å². The molecule has 488 valence electrons. The van der Waals surface area contributed by atoms with Crippen LogP contribution in [0.1, 0.15) is 114 Å². The number of nitrogens with two attached hydrogens (primary N) is 1. The maximum atomic E-state index is 14.3. The summed E-state index contributed by atoms with van der Waals surface area (Å²) in [5, 5.41) is 55.9. The predicted octanol–water partition coefficient (Wildman–Crippen LogP) is 1.93. The minimum absolute atomic E-state index is 0.0427. The van der Waals surface area contributed by atoms with Gasteiger partial charge in [0.05, 0.1) is 49.0 Å². The lowest BCUT2D eigenvalue weighted by Gasteiger charge is -2.43. The number of amides is 7. The van der Waals surface area contributed by atoms with Gasteiger partial charge >= 0.3 is 24.2 Å². The van der Waals surface area contributed by atoms with Crippen LogP contribution in [0.15, 0.2) is 42.5 Å². The van der Waals surface area contributed by atoms with Gasteiger partial charge in [0.2, 0.25) is 29.3 Å². The summed E-state index contributed by atoms with van der Waals surface area (Å²) < 4.78 is 46.8. The van der Waals surface area contributed by atoms with Gasteiger partial charge < -0.3 is 95.1 Å². The lowest BCUT2D eigenvalue weighted by molar-refractivity contribution is -0.256. The second-order valence-electron chi connectivity index (χ2n) is 22.9. The number of phenols is 2. The van der Waals surface area contributed by atoms with E-state index in [2.05, 4.69) is 26.2 Å². The highest BCUT2D eigenvalue weighted by molar-refractivity contribution is 6.31. The Hall–Kier alpha value is -8.52. The summed E-state index contributed by atoms with van der Waals surface area (Å²) in [7, 11) is 5.55. The third kappa shape index (κ3) is 15.0. The molecule has 0 bridgehead atoms. The van der Waals surface area contributed by atoms with Crippen molar-refractivity contribution in [2.45, 2.75) is 133 Å². The number of urea groups is 1. The molecule has 3 aromatic carbocycles. The fourth-order valence-electron chi connectivity index (χ4n) is 11.6. The van der Waals surface area contributed by atoms with Gasteiger partial charge in [-0.25, -0.2) is 14.4 Å². The zero-order valence-corrected chi connectivity index (χ0v) is 50.8. The Balaban J connectivity index is 0.873. The average Bonchev–Trinajstić information content (AvgIpc) is 0.796. The molecular weight excluding hydrogens is 1180 g/mol. The van der Waals surface area contributed by atoms with Crippen molar-refractivity contribution in [2.24, 2.45) is 11.7 Å². The van der Waals surface area contributed by atoms with Crippen LogP contribution >= 0.6 is 0 Å². The summed E-state index contributed by atoms with van der Waals surface area (Å²) >= 11 is 0. The van der Waals surface area contributed by atoms with Crippen molar-refractivity contribution in [3.05, 3.63) is 81.4 Å². The smallest absolute Gasteiger partial charge is 0.409 e. The summed E-state index contributed by atoms with van der Waals surface area (Å²) in [6.07, 6.45) is -8.38.